The summed E-state index contributed by atoms with van der Waals surface area (Å²) in [5.74, 6) is 0.669. The van der Waals surface area contributed by atoms with Crippen molar-refractivity contribution in [2.45, 2.75) is 54.1 Å². The summed E-state index contributed by atoms with van der Waals surface area (Å²) in [6.45, 7) is 12.1. The van der Waals surface area contributed by atoms with E-state index in [0.717, 1.165) is 33.7 Å². The number of aryl methyl sites for hydroxylation is 4. The second-order valence-corrected chi connectivity index (χ2v) is 6.48. The monoisotopic (exact) mass is 325 g/mol. The third-order valence-corrected chi connectivity index (χ3v) is 4.41. The van der Waals surface area contributed by atoms with Crippen LogP contribution in [0.3, 0.4) is 0 Å². The Labute approximate surface area is 145 Å². The average molecular weight is 325 g/mol. The van der Waals surface area contributed by atoms with Crippen molar-refractivity contribution in [1.29, 1.82) is 0 Å². The van der Waals surface area contributed by atoms with E-state index in [1.54, 1.807) is 0 Å². The summed E-state index contributed by atoms with van der Waals surface area (Å²) in [5.41, 5.74) is 6.46. The molecule has 1 amide bonds. The van der Waals surface area contributed by atoms with Crippen LogP contribution in [0.4, 0.5) is 5.69 Å². The maximum atomic E-state index is 12.7. The fourth-order valence-corrected chi connectivity index (χ4v) is 2.91. The molecule has 0 aliphatic heterocycles. The molecule has 0 unspecified atom stereocenters. The van der Waals surface area contributed by atoms with E-state index in [-0.39, 0.29) is 5.91 Å². The Morgan fingerprint density at radius 2 is 1.67 bits per heavy atom. The number of carbonyl (C=O) groups excluding carboxylic acids is 1. The van der Waals surface area contributed by atoms with Gasteiger partial charge in [-0.05, 0) is 69.4 Å². The number of rotatable bonds is 5. The lowest BCUT2D eigenvalue weighted by Gasteiger charge is -2.21. The maximum Gasteiger partial charge on any atom is 0.265 e. The number of hydrogen-bond donors (Lipinski definition) is 1. The van der Waals surface area contributed by atoms with Crippen LogP contribution >= 0.6 is 0 Å². The number of hydrogen-bond acceptors (Lipinski definition) is 2. The lowest BCUT2D eigenvalue weighted by Crippen LogP contribution is -2.33. The first-order valence-corrected chi connectivity index (χ1v) is 8.45. The maximum absolute atomic E-state index is 12.7. The third kappa shape index (κ3) is 3.97. The van der Waals surface area contributed by atoms with Crippen LogP contribution < -0.4 is 10.1 Å². The van der Waals surface area contributed by atoms with Crippen LogP contribution in [0.5, 0.6) is 5.75 Å². The highest BCUT2D eigenvalue weighted by molar-refractivity contribution is 5.95. The zero-order chi connectivity index (χ0) is 17.9. The van der Waals surface area contributed by atoms with Crippen LogP contribution in [0.15, 0.2) is 30.3 Å². The van der Waals surface area contributed by atoms with Crippen LogP contribution in [0, 0.1) is 34.6 Å². The normalized spacial score (nSPS) is 11.9. The van der Waals surface area contributed by atoms with Crippen molar-refractivity contribution in [2.75, 3.05) is 5.32 Å². The zero-order valence-electron chi connectivity index (χ0n) is 15.5. The van der Waals surface area contributed by atoms with Crippen molar-refractivity contribution in [2.24, 2.45) is 0 Å². The Bertz CT molecular complexity index is 726. The van der Waals surface area contributed by atoms with Gasteiger partial charge in [-0.25, -0.2) is 0 Å². The molecule has 1 N–H and O–H groups in total. The van der Waals surface area contributed by atoms with Gasteiger partial charge in [0.15, 0.2) is 6.10 Å². The van der Waals surface area contributed by atoms with Crippen LogP contribution in [0.2, 0.25) is 0 Å². The van der Waals surface area contributed by atoms with E-state index in [2.05, 4.69) is 24.4 Å². The van der Waals surface area contributed by atoms with Gasteiger partial charge in [0.2, 0.25) is 0 Å². The second kappa shape index (κ2) is 7.52. The lowest BCUT2D eigenvalue weighted by molar-refractivity contribution is -0.122. The van der Waals surface area contributed by atoms with Crippen molar-refractivity contribution >= 4 is 11.6 Å². The highest BCUT2D eigenvalue weighted by Crippen LogP contribution is 2.25. The minimum absolute atomic E-state index is 0.103. The molecule has 2 aromatic carbocycles. The Morgan fingerprint density at radius 1 is 1.04 bits per heavy atom. The first-order chi connectivity index (χ1) is 11.3. The van der Waals surface area contributed by atoms with E-state index in [1.807, 2.05) is 52.8 Å². The summed E-state index contributed by atoms with van der Waals surface area (Å²) < 4.78 is 6.00. The van der Waals surface area contributed by atoms with Crippen LogP contribution in [0.25, 0.3) is 0 Å². The van der Waals surface area contributed by atoms with Gasteiger partial charge in [0.25, 0.3) is 5.91 Å². The molecule has 0 fully saturated rings. The van der Waals surface area contributed by atoms with Gasteiger partial charge in [-0.15, -0.1) is 0 Å². The number of anilines is 1. The predicted octanol–water partition coefficient (Wildman–Crippen LogP) is 5.02. The molecule has 0 aliphatic carbocycles. The molecule has 0 bridgehead atoms. The summed E-state index contributed by atoms with van der Waals surface area (Å²) in [6.07, 6.45) is 0.106. The van der Waals surface area contributed by atoms with Crippen molar-refractivity contribution < 1.29 is 9.53 Å². The van der Waals surface area contributed by atoms with Crippen molar-refractivity contribution in [3.8, 4) is 5.75 Å². The first kappa shape index (κ1) is 18.1. The minimum Gasteiger partial charge on any atom is -0.480 e. The predicted molar refractivity (Wildman–Crippen MR) is 99.9 cm³/mol. The van der Waals surface area contributed by atoms with E-state index < -0.39 is 6.10 Å². The molecule has 0 saturated carbocycles. The minimum atomic E-state index is -0.509. The summed E-state index contributed by atoms with van der Waals surface area (Å²) >= 11 is 0. The quantitative estimate of drug-likeness (QED) is 0.838. The molecule has 0 radical (unpaired) electrons. The zero-order valence-corrected chi connectivity index (χ0v) is 15.5. The molecule has 2 rings (SSSR count). The molecule has 0 saturated heterocycles. The molecule has 1 atom stereocenters. The van der Waals surface area contributed by atoms with Gasteiger partial charge in [0.1, 0.15) is 5.75 Å². The van der Waals surface area contributed by atoms with Gasteiger partial charge in [0, 0.05) is 5.69 Å². The van der Waals surface area contributed by atoms with Gasteiger partial charge in [0.05, 0.1) is 0 Å². The van der Waals surface area contributed by atoms with Gasteiger partial charge in [-0.2, -0.15) is 0 Å². The number of ether oxygens (including phenoxy) is 1. The standard InChI is InChI=1S/C21H27NO2/c1-7-18(24-19-10-8-9-14(3)17(19)6)21(23)22-20-15(4)11-13(2)12-16(20)5/h8-12,18H,7H2,1-6H3,(H,22,23)/t18-/m0/s1. The van der Waals surface area contributed by atoms with E-state index in [9.17, 15) is 4.79 Å². The van der Waals surface area contributed by atoms with Gasteiger partial charge < -0.3 is 10.1 Å². The largest absolute Gasteiger partial charge is 0.480 e. The van der Waals surface area contributed by atoms with Crippen molar-refractivity contribution in [1.82, 2.24) is 0 Å². The molecule has 2 aromatic rings. The third-order valence-electron chi connectivity index (χ3n) is 4.41. The van der Waals surface area contributed by atoms with E-state index in [1.165, 1.54) is 5.56 Å². The summed E-state index contributed by atoms with van der Waals surface area (Å²) in [7, 11) is 0. The smallest absolute Gasteiger partial charge is 0.265 e. The molecule has 3 nitrogen and oxygen atoms in total. The summed E-state index contributed by atoms with van der Waals surface area (Å²) in [4.78, 5) is 12.7. The van der Waals surface area contributed by atoms with Gasteiger partial charge in [-0.1, -0.05) is 36.8 Å². The Balaban J connectivity index is 2.19. The Morgan fingerprint density at radius 3 is 2.25 bits per heavy atom. The van der Waals surface area contributed by atoms with E-state index in [4.69, 9.17) is 4.74 Å². The lowest BCUT2D eigenvalue weighted by atomic mass is 10.0. The van der Waals surface area contributed by atoms with Crippen LogP contribution in [-0.4, -0.2) is 12.0 Å². The van der Waals surface area contributed by atoms with Gasteiger partial charge >= 0.3 is 0 Å². The van der Waals surface area contributed by atoms with Gasteiger partial charge in [-0.3, -0.25) is 4.79 Å². The molecule has 0 heterocycles. The molecule has 0 aromatic heterocycles. The average Bonchev–Trinajstić information content (AvgIpc) is 2.52. The molecule has 3 heteroatoms. The fourth-order valence-electron chi connectivity index (χ4n) is 2.91. The molecular formula is C21H27NO2. The highest BCUT2D eigenvalue weighted by atomic mass is 16.5. The topological polar surface area (TPSA) is 38.3 Å². The van der Waals surface area contributed by atoms with Crippen LogP contribution in [0.1, 0.15) is 41.2 Å². The molecule has 128 valence electrons. The fraction of sp³-hybridized carbons (Fsp3) is 0.381. The molecular weight excluding hydrogens is 298 g/mol. The Kier molecular flexibility index (Phi) is 5.66. The number of carbonyl (C=O) groups is 1. The second-order valence-electron chi connectivity index (χ2n) is 6.48. The molecule has 0 aliphatic rings. The first-order valence-electron chi connectivity index (χ1n) is 8.45. The van der Waals surface area contributed by atoms with Crippen LogP contribution in [-0.2, 0) is 4.79 Å². The molecule has 0 spiro atoms. The van der Waals surface area contributed by atoms with E-state index >= 15 is 0 Å². The SMILES string of the molecule is CC[C@H](Oc1cccc(C)c1C)C(=O)Nc1c(C)cc(C)cc1C. The summed E-state index contributed by atoms with van der Waals surface area (Å²) in [6, 6.07) is 10.1. The van der Waals surface area contributed by atoms with Crippen molar-refractivity contribution in [3.05, 3.63) is 58.1 Å². The molecule has 24 heavy (non-hydrogen) atoms. The number of benzene rings is 2. The Hall–Kier alpha value is -2.29. The summed E-state index contributed by atoms with van der Waals surface area (Å²) in [5, 5.41) is 3.05. The van der Waals surface area contributed by atoms with E-state index in [0.29, 0.717) is 6.42 Å². The van der Waals surface area contributed by atoms with Crippen molar-refractivity contribution in [3.63, 3.8) is 0 Å². The number of nitrogens with one attached hydrogen (secondary N) is 1. The highest BCUT2D eigenvalue weighted by Gasteiger charge is 2.21. The number of amides is 1.